The SMILES string of the molecule is Cc1c(Br)cc(/C=N\NC(=O)c2cccnc2)cc1Br. The second kappa shape index (κ2) is 6.76. The van der Waals surface area contributed by atoms with E-state index in [2.05, 4.69) is 47.4 Å². The monoisotopic (exact) mass is 395 g/mol. The van der Waals surface area contributed by atoms with Gasteiger partial charge < -0.3 is 0 Å². The Morgan fingerprint density at radius 2 is 2.05 bits per heavy atom. The van der Waals surface area contributed by atoms with Crippen LogP contribution in [0.1, 0.15) is 21.5 Å². The summed E-state index contributed by atoms with van der Waals surface area (Å²) in [6.07, 6.45) is 4.69. The summed E-state index contributed by atoms with van der Waals surface area (Å²) in [4.78, 5) is 15.6. The van der Waals surface area contributed by atoms with Gasteiger partial charge in [0.05, 0.1) is 11.8 Å². The number of amides is 1. The first-order valence-corrected chi connectivity index (χ1v) is 7.35. The van der Waals surface area contributed by atoms with E-state index >= 15 is 0 Å². The van der Waals surface area contributed by atoms with Crippen LogP contribution in [0.15, 0.2) is 50.7 Å². The first-order chi connectivity index (χ1) is 9.58. The van der Waals surface area contributed by atoms with E-state index in [1.165, 1.54) is 6.20 Å². The van der Waals surface area contributed by atoms with Crippen LogP contribution in [-0.4, -0.2) is 17.1 Å². The number of halogens is 2. The number of carbonyl (C=O) groups excluding carboxylic acids is 1. The Morgan fingerprint density at radius 1 is 1.35 bits per heavy atom. The Bertz CT molecular complexity index is 634. The molecule has 2 rings (SSSR count). The van der Waals surface area contributed by atoms with Crippen molar-refractivity contribution in [1.82, 2.24) is 10.4 Å². The summed E-state index contributed by atoms with van der Waals surface area (Å²) in [5, 5.41) is 3.94. The molecule has 0 aliphatic carbocycles. The van der Waals surface area contributed by atoms with Gasteiger partial charge in [0.15, 0.2) is 0 Å². The van der Waals surface area contributed by atoms with Gasteiger partial charge in [-0.05, 0) is 42.3 Å². The molecule has 2 aromatic rings. The molecule has 0 saturated carbocycles. The van der Waals surface area contributed by atoms with Crippen molar-refractivity contribution in [3.8, 4) is 0 Å². The average Bonchev–Trinajstić information content (AvgIpc) is 2.45. The molecule has 0 aliphatic rings. The number of aromatic nitrogens is 1. The Hall–Kier alpha value is -1.53. The van der Waals surface area contributed by atoms with Crippen LogP contribution in [0.25, 0.3) is 0 Å². The van der Waals surface area contributed by atoms with E-state index in [1.54, 1.807) is 24.5 Å². The molecule has 0 spiro atoms. The van der Waals surface area contributed by atoms with Crippen LogP contribution in [-0.2, 0) is 0 Å². The molecule has 6 heteroatoms. The predicted molar refractivity (Wildman–Crippen MR) is 85.9 cm³/mol. The van der Waals surface area contributed by atoms with Crippen molar-refractivity contribution in [2.75, 3.05) is 0 Å². The van der Waals surface area contributed by atoms with Crippen LogP contribution in [0.2, 0.25) is 0 Å². The summed E-state index contributed by atoms with van der Waals surface area (Å²) in [6, 6.07) is 7.24. The third-order valence-electron chi connectivity index (χ3n) is 2.61. The lowest BCUT2D eigenvalue weighted by atomic mass is 10.2. The number of nitrogens with zero attached hydrogens (tertiary/aromatic N) is 2. The van der Waals surface area contributed by atoms with E-state index in [-0.39, 0.29) is 5.91 Å². The average molecular weight is 397 g/mol. The number of hydrazone groups is 1. The highest BCUT2D eigenvalue weighted by Crippen LogP contribution is 2.25. The fourth-order valence-electron chi connectivity index (χ4n) is 1.47. The molecule has 0 atom stereocenters. The maximum Gasteiger partial charge on any atom is 0.272 e. The van der Waals surface area contributed by atoms with Gasteiger partial charge in [0, 0.05) is 21.3 Å². The molecule has 1 N–H and O–H groups in total. The summed E-state index contributed by atoms with van der Waals surface area (Å²) in [6.45, 7) is 2.00. The van der Waals surface area contributed by atoms with Gasteiger partial charge in [-0.3, -0.25) is 9.78 Å². The zero-order valence-electron chi connectivity index (χ0n) is 10.6. The van der Waals surface area contributed by atoms with Gasteiger partial charge in [-0.25, -0.2) is 5.43 Å². The van der Waals surface area contributed by atoms with Crippen molar-refractivity contribution >= 4 is 44.0 Å². The van der Waals surface area contributed by atoms with Gasteiger partial charge in [-0.1, -0.05) is 31.9 Å². The highest BCUT2D eigenvalue weighted by atomic mass is 79.9. The summed E-state index contributed by atoms with van der Waals surface area (Å²) < 4.78 is 1.96. The number of hydrogen-bond donors (Lipinski definition) is 1. The molecule has 1 aromatic heterocycles. The van der Waals surface area contributed by atoms with Crippen molar-refractivity contribution in [1.29, 1.82) is 0 Å². The summed E-state index contributed by atoms with van der Waals surface area (Å²) in [5.74, 6) is -0.292. The number of pyridine rings is 1. The number of hydrogen-bond acceptors (Lipinski definition) is 3. The van der Waals surface area contributed by atoms with Gasteiger partial charge in [-0.2, -0.15) is 5.10 Å². The van der Waals surface area contributed by atoms with E-state index in [1.807, 2.05) is 19.1 Å². The lowest BCUT2D eigenvalue weighted by molar-refractivity contribution is 0.0955. The summed E-state index contributed by atoms with van der Waals surface area (Å²) >= 11 is 6.93. The highest BCUT2D eigenvalue weighted by Gasteiger charge is 2.04. The molecule has 0 saturated heterocycles. The fraction of sp³-hybridized carbons (Fsp3) is 0.0714. The van der Waals surface area contributed by atoms with E-state index in [0.29, 0.717) is 5.56 Å². The minimum atomic E-state index is -0.292. The number of nitrogens with one attached hydrogen (secondary N) is 1. The second-order valence-electron chi connectivity index (χ2n) is 4.05. The predicted octanol–water partition coefficient (Wildman–Crippen LogP) is 3.68. The lowest BCUT2D eigenvalue weighted by Gasteiger charge is -2.03. The fourth-order valence-corrected chi connectivity index (χ4v) is 2.69. The molecular weight excluding hydrogens is 386 g/mol. The standard InChI is InChI=1S/C14H11Br2N3O/c1-9-12(15)5-10(6-13(9)16)7-18-19-14(20)11-3-2-4-17-8-11/h2-8H,1H3,(H,19,20)/b18-7-. The zero-order valence-corrected chi connectivity index (χ0v) is 13.8. The molecule has 0 aliphatic heterocycles. The molecule has 0 unspecified atom stereocenters. The van der Waals surface area contributed by atoms with E-state index in [4.69, 9.17) is 0 Å². The largest absolute Gasteiger partial charge is 0.272 e. The molecule has 1 amide bonds. The van der Waals surface area contributed by atoms with Crippen molar-refractivity contribution in [3.63, 3.8) is 0 Å². The van der Waals surface area contributed by atoms with E-state index < -0.39 is 0 Å². The molecule has 0 radical (unpaired) electrons. The first-order valence-electron chi connectivity index (χ1n) is 5.77. The quantitative estimate of drug-likeness (QED) is 0.635. The molecule has 0 fully saturated rings. The zero-order chi connectivity index (χ0) is 14.5. The second-order valence-corrected chi connectivity index (χ2v) is 5.76. The normalized spacial score (nSPS) is 10.8. The maximum absolute atomic E-state index is 11.7. The lowest BCUT2D eigenvalue weighted by Crippen LogP contribution is -2.17. The third-order valence-corrected chi connectivity index (χ3v) is 4.25. The smallest absolute Gasteiger partial charge is 0.267 e. The topological polar surface area (TPSA) is 54.4 Å². The Labute approximate surface area is 133 Å². The number of rotatable bonds is 3. The first kappa shape index (κ1) is 14.9. The van der Waals surface area contributed by atoms with Crippen molar-refractivity contribution < 1.29 is 4.79 Å². The molecule has 20 heavy (non-hydrogen) atoms. The minimum absolute atomic E-state index is 0.292. The van der Waals surface area contributed by atoms with Gasteiger partial charge in [0.25, 0.3) is 5.91 Å². The molecule has 4 nitrogen and oxygen atoms in total. The van der Waals surface area contributed by atoms with Crippen LogP contribution in [0.5, 0.6) is 0 Å². The molecule has 1 aromatic carbocycles. The number of carbonyl (C=O) groups is 1. The molecule has 0 bridgehead atoms. The van der Waals surface area contributed by atoms with Crippen LogP contribution in [0.3, 0.4) is 0 Å². The Morgan fingerprint density at radius 3 is 2.65 bits per heavy atom. The van der Waals surface area contributed by atoms with E-state index in [0.717, 1.165) is 20.1 Å². The van der Waals surface area contributed by atoms with Crippen molar-refractivity contribution in [3.05, 3.63) is 62.3 Å². The van der Waals surface area contributed by atoms with Gasteiger partial charge in [0.1, 0.15) is 0 Å². The Balaban J connectivity index is 2.06. The van der Waals surface area contributed by atoms with Crippen LogP contribution in [0, 0.1) is 6.92 Å². The van der Waals surface area contributed by atoms with Crippen molar-refractivity contribution in [2.24, 2.45) is 5.10 Å². The van der Waals surface area contributed by atoms with Gasteiger partial charge in [-0.15, -0.1) is 0 Å². The van der Waals surface area contributed by atoms with Crippen LogP contribution in [0.4, 0.5) is 0 Å². The molecule has 1 heterocycles. The van der Waals surface area contributed by atoms with E-state index in [9.17, 15) is 4.79 Å². The molecular formula is C14H11Br2N3O. The van der Waals surface area contributed by atoms with Gasteiger partial charge >= 0.3 is 0 Å². The minimum Gasteiger partial charge on any atom is -0.267 e. The summed E-state index contributed by atoms with van der Waals surface area (Å²) in [7, 11) is 0. The maximum atomic E-state index is 11.7. The number of benzene rings is 1. The highest BCUT2D eigenvalue weighted by molar-refractivity contribution is 9.11. The molecule has 102 valence electrons. The van der Waals surface area contributed by atoms with Crippen molar-refractivity contribution in [2.45, 2.75) is 6.92 Å². The van der Waals surface area contributed by atoms with Gasteiger partial charge in [0.2, 0.25) is 0 Å². The Kier molecular flexibility index (Phi) is 5.03. The van der Waals surface area contributed by atoms with Crippen LogP contribution >= 0.6 is 31.9 Å². The third kappa shape index (κ3) is 3.74. The van der Waals surface area contributed by atoms with Crippen LogP contribution < -0.4 is 5.43 Å². The summed E-state index contributed by atoms with van der Waals surface area (Å²) in [5.41, 5.74) is 4.92.